The molecule has 1 atom stereocenters. The molecule has 0 aliphatic carbocycles. The number of halogens is 1. The van der Waals surface area contributed by atoms with Crippen molar-refractivity contribution in [3.8, 4) is 0 Å². The molecule has 21 heavy (non-hydrogen) atoms. The highest BCUT2D eigenvalue weighted by Crippen LogP contribution is 2.22. The summed E-state index contributed by atoms with van der Waals surface area (Å²) in [5.41, 5.74) is 0.596. The van der Waals surface area contributed by atoms with Crippen LogP contribution in [0.5, 0.6) is 0 Å². The zero-order chi connectivity index (χ0) is 15.5. The number of hydrogen-bond acceptors (Lipinski definition) is 3. The van der Waals surface area contributed by atoms with Gasteiger partial charge in [0.15, 0.2) is 0 Å². The molecule has 7 heteroatoms. The lowest BCUT2D eigenvalue weighted by Gasteiger charge is -2.16. The van der Waals surface area contributed by atoms with Crippen LogP contribution in [0.15, 0.2) is 29.2 Å². The molecule has 2 rings (SSSR count). The van der Waals surface area contributed by atoms with Crippen molar-refractivity contribution in [3.63, 3.8) is 0 Å². The molecule has 0 aromatic heterocycles. The number of carbonyl (C=O) groups is 1. The molecule has 0 radical (unpaired) electrons. The summed E-state index contributed by atoms with van der Waals surface area (Å²) in [6.07, 6.45) is 2.52. The van der Waals surface area contributed by atoms with Crippen molar-refractivity contribution in [3.05, 3.63) is 24.3 Å². The van der Waals surface area contributed by atoms with Crippen LogP contribution in [0.4, 0.5) is 5.69 Å². The van der Waals surface area contributed by atoms with E-state index in [1.54, 1.807) is 24.3 Å². The Hall–Kier alpha value is -0.920. The van der Waals surface area contributed by atoms with E-state index >= 15 is 0 Å². The Labute approximate surface area is 133 Å². The third kappa shape index (κ3) is 3.84. The Bertz CT molecular complexity index is 595. The van der Waals surface area contributed by atoms with Gasteiger partial charge < -0.3 is 5.32 Å². The van der Waals surface area contributed by atoms with E-state index < -0.39 is 10.0 Å². The van der Waals surface area contributed by atoms with E-state index in [0.29, 0.717) is 25.2 Å². The normalized spacial score (nSPS) is 17.6. The number of carbonyl (C=O) groups excluding carboxylic acids is 1. The quantitative estimate of drug-likeness (QED) is 0.805. The highest BCUT2D eigenvalue weighted by Gasteiger charge is 2.26. The molecule has 1 aromatic carbocycles. The molecule has 1 heterocycles. The number of hydrogen-bond donors (Lipinski definition) is 1. The minimum atomic E-state index is -3.39. The minimum Gasteiger partial charge on any atom is -0.325 e. The molecule has 1 aliphatic rings. The van der Waals surface area contributed by atoms with Gasteiger partial charge in [-0.2, -0.15) is 4.31 Å². The van der Waals surface area contributed by atoms with E-state index in [-0.39, 0.29) is 15.6 Å². The second-order valence-corrected chi connectivity index (χ2v) is 8.04. The van der Waals surface area contributed by atoms with Gasteiger partial charge in [0.25, 0.3) is 0 Å². The summed E-state index contributed by atoms with van der Waals surface area (Å²) in [6, 6.07) is 6.32. The van der Waals surface area contributed by atoms with Gasteiger partial charge in [-0.3, -0.25) is 4.79 Å². The van der Waals surface area contributed by atoms with Crippen LogP contribution in [0, 0.1) is 0 Å². The van der Waals surface area contributed by atoms with Gasteiger partial charge in [0.2, 0.25) is 15.9 Å². The lowest BCUT2D eigenvalue weighted by atomic mass is 10.3. The second-order valence-electron chi connectivity index (χ2n) is 5.00. The molecular weight excluding hydrogens is 356 g/mol. The van der Waals surface area contributed by atoms with Crippen molar-refractivity contribution in [2.24, 2.45) is 0 Å². The average molecular weight is 375 g/mol. The SMILES string of the molecule is CCC(Br)C(=O)Nc1ccc(S(=O)(=O)N2CCCC2)cc1. The largest absolute Gasteiger partial charge is 0.325 e. The van der Waals surface area contributed by atoms with Gasteiger partial charge in [0.05, 0.1) is 9.72 Å². The number of anilines is 1. The third-order valence-electron chi connectivity index (χ3n) is 3.47. The van der Waals surface area contributed by atoms with Gasteiger partial charge in [-0.05, 0) is 43.5 Å². The lowest BCUT2D eigenvalue weighted by molar-refractivity contribution is -0.115. The van der Waals surface area contributed by atoms with Crippen molar-refractivity contribution < 1.29 is 13.2 Å². The highest BCUT2D eigenvalue weighted by atomic mass is 79.9. The predicted octanol–water partition coefficient (Wildman–Crippen LogP) is 2.58. The molecule has 1 N–H and O–H groups in total. The Morgan fingerprint density at radius 2 is 1.86 bits per heavy atom. The van der Waals surface area contributed by atoms with Crippen LogP contribution in [0.2, 0.25) is 0 Å². The maximum absolute atomic E-state index is 12.4. The molecular formula is C14H19BrN2O3S. The van der Waals surface area contributed by atoms with Crippen LogP contribution in [0.1, 0.15) is 26.2 Å². The van der Waals surface area contributed by atoms with Crippen LogP contribution in [0.25, 0.3) is 0 Å². The first-order valence-corrected chi connectivity index (χ1v) is 9.36. The molecule has 5 nitrogen and oxygen atoms in total. The first-order chi connectivity index (χ1) is 9.95. The van der Waals surface area contributed by atoms with Gasteiger partial charge in [-0.25, -0.2) is 8.42 Å². The van der Waals surface area contributed by atoms with E-state index in [4.69, 9.17) is 0 Å². The van der Waals surface area contributed by atoms with Crippen molar-refractivity contribution in [1.29, 1.82) is 0 Å². The van der Waals surface area contributed by atoms with Gasteiger partial charge in [-0.15, -0.1) is 0 Å². The molecule has 1 fully saturated rings. The van der Waals surface area contributed by atoms with Crippen LogP contribution in [0.3, 0.4) is 0 Å². The van der Waals surface area contributed by atoms with Crippen molar-refractivity contribution >= 4 is 37.5 Å². The monoisotopic (exact) mass is 374 g/mol. The summed E-state index contributed by atoms with van der Waals surface area (Å²) in [4.78, 5) is 11.8. The van der Waals surface area contributed by atoms with E-state index in [1.807, 2.05) is 6.92 Å². The summed E-state index contributed by atoms with van der Waals surface area (Å²) in [5.74, 6) is -0.132. The zero-order valence-electron chi connectivity index (χ0n) is 11.9. The Morgan fingerprint density at radius 1 is 1.29 bits per heavy atom. The van der Waals surface area contributed by atoms with E-state index in [1.165, 1.54) is 4.31 Å². The number of nitrogens with zero attached hydrogens (tertiary/aromatic N) is 1. The molecule has 1 unspecified atom stereocenters. The van der Waals surface area contributed by atoms with Gasteiger partial charge >= 0.3 is 0 Å². The summed E-state index contributed by atoms with van der Waals surface area (Å²) in [5, 5.41) is 2.75. The van der Waals surface area contributed by atoms with Crippen molar-refractivity contribution in [2.45, 2.75) is 35.9 Å². The maximum Gasteiger partial charge on any atom is 0.243 e. The number of nitrogens with one attached hydrogen (secondary N) is 1. The van der Waals surface area contributed by atoms with Gasteiger partial charge in [-0.1, -0.05) is 22.9 Å². The molecule has 1 saturated heterocycles. The zero-order valence-corrected chi connectivity index (χ0v) is 14.3. The van der Waals surface area contributed by atoms with Gasteiger partial charge in [0, 0.05) is 18.8 Å². The molecule has 1 aliphatic heterocycles. The van der Waals surface area contributed by atoms with Gasteiger partial charge in [0.1, 0.15) is 0 Å². The number of amides is 1. The molecule has 0 spiro atoms. The Morgan fingerprint density at radius 3 is 2.38 bits per heavy atom. The summed E-state index contributed by atoms with van der Waals surface area (Å²) < 4.78 is 26.2. The highest BCUT2D eigenvalue weighted by molar-refractivity contribution is 9.10. The molecule has 0 bridgehead atoms. The molecule has 1 amide bonds. The Kier molecular flexibility index (Phi) is 5.40. The maximum atomic E-state index is 12.4. The van der Waals surface area contributed by atoms with E-state index in [2.05, 4.69) is 21.2 Å². The predicted molar refractivity (Wildman–Crippen MR) is 86.1 cm³/mol. The third-order valence-corrected chi connectivity index (χ3v) is 6.44. The van der Waals surface area contributed by atoms with Crippen molar-refractivity contribution in [1.82, 2.24) is 4.31 Å². The van der Waals surface area contributed by atoms with E-state index in [0.717, 1.165) is 12.8 Å². The first kappa shape index (κ1) is 16.5. The Balaban J connectivity index is 2.10. The van der Waals surface area contributed by atoms with Crippen molar-refractivity contribution in [2.75, 3.05) is 18.4 Å². The minimum absolute atomic E-state index is 0.132. The molecule has 0 saturated carbocycles. The second kappa shape index (κ2) is 6.89. The van der Waals surface area contributed by atoms with Crippen LogP contribution in [-0.4, -0.2) is 36.5 Å². The number of sulfonamides is 1. The topological polar surface area (TPSA) is 66.5 Å². The summed E-state index contributed by atoms with van der Waals surface area (Å²) in [6.45, 7) is 3.08. The fraction of sp³-hybridized carbons (Fsp3) is 0.500. The standard InChI is InChI=1S/C14H19BrN2O3S/c1-2-13(15)14(18)16-11-5-7-12(8-6-11)21(19,20)17-9-3-4-10-17/h5-8,13H,2-4,9-10H2,1H3,(H,16,18). The first-order valence-electron chi connectivity index (χ1n) is 7.00. The lowest BCUT2D eigenvalue weighted by Crippen LogP contribution is -2.27. The number of benzene rings is 1. The average Bonchev–Trinajstić information content (AvgIpc) is 3.02. The van der Waals surface area contributed by atoms with Crippen LogP contribution in [-0.2, 0) is 14.8 Å². The summed E-state index contributed by atoms with van der Waals surface area (Å²) >= 11 is 3.28. The van der Waals surface area contributed by atoms with E-state index in [9.17, 15) is 13.2 Å². The van der Waals surface area contributed by atoms with Crippen LogP contribution >= 0.6 is 15.9 Å². The summed E-state index contributed by atoms with van der Waals surface area (Å²) in [7, 11) is -3.39. The fourth-order valence-electron chi connectivity index (χ4n) is 2.19. The fourth-order valence-corrected chi connectivity index (χ4v) is 3.83. The molecule has 116 valence electrons. The molecule has 1 aromatic rings. The van der Waals surface area contributed by atoms with Crippen LogP contribution < -0.4 is 5.32 Å². The smallest absolute Gasteiger partial charge is 0.243 e. The number of rotatable bonds is 5. The number of alkyl halides is 1.